The molecule has 6 aromatic rings. The van der Waals surface area contributed by atoms with E-state index >= 15 is 0 Å². The van der Waals surface area contributed by atoms with Gasteiger partial charge in [0, 0.05) is 58.6 Å². The third-order valence-electron chi connectivity index (χ3n) is 8.08. The van der Waals surface area contributed by atoms with Gasteiger partial charge in [0.05, 0.1) is 42.8 Å². The average molecular weight is 786 g/mol. The highest BCUT2D eigenvalue weighted by Gasteiger charge is 2.08. The lowest BCUT2D eigenvalue weighted by molar-refractivity contribution is 0.347. The number of halogens is 3. The molecule has 6 rings (SSSR count). The number of H-pyrrole nitrogens is 1. The molecule has 7 N–H and O–H groups in total. The molecule has 0 aliphatic heterocycles. The third-order valence-corrected chi connectivity index (χ3v) is 8.08. The fourth-order valence-corrected chi connectivity index (χ4v) is 4.74. The number of oxazole rings is 1. The van der Waals surface area contributed by atoms with Crippen LogP contribution in [0.3, 0.4) is 0 Å². The van der Waals surface area contributed by atoms with Crippen LogP contribution < -0.4 is 31.4 Å². The Hall–Kier alpha value is -6.42. The van der Waals surface area contributed by atoms with Crippen LogP contribution in [0.1, 0.15) is 16.8 Å². The molecule has 0 amide bonds. The molecule has 0 bridgehead atoms. The Balaban J connectivity index is 0.000000189. The van der Waals surface area contributed by atoms with E-state index in [0.29, 0.717) is 58.8 Å². The quantitative estimate of drug-likeness (QED) is 0.0785. The maximum atomic E-state index is 12.3. The van der Waals surface area contributed by atoms with Crippen LogP contribution >= 0.6 is 0 Å². The van der Waals surface area contributed by atoms with Crippen LogP contribution in [0.2, 0.25) is 0 Å². The van der Waals surface area contributed by atoms with Crippen molar-refractivity contribution >= 4 is 0 Å². The van der Waals surface area contributed by atoms with E-state index in [1.54, 1.807) is 42.9 Å². The van der Waals surface area contributed by atoms with Gasteiger partial charge in [0.2, 0.25) is 5.89 Å². The van der Waals surface area contributed by atoms with Gasteiger partial charge in [0.15, 0.2) is 5.76 Å². The van der Waals surface area contributed by atoms with E-state index in [4.69, 9.17) is 40.4 Å². The van der Waals surface area contributed by atoms with E-state index in [9.17, 15) is 13.2 Å². The van der Waals surface area contributed by atoms with Crippen molar-refractivity contribution in [3.63, 3.8) is 0 Å². The summed E-state index contributed by atoms with van der Waals surface area (Å²) in [6.45, 7) is 6.67. The van der Waals surface area contributed by atoms with Crippen molar-refractivity contribution in [2.24, 2.45) is 17.2 Å². The number of rotatable bonds is 15. The first-order valence-corrected chi connectivity index (χ1v) is 17.7. The van der Waals surface area contributed by atoms with Crippen molar-refractivity contribution < 1.29 is 36.3 Å². The number of nitrogens with one attached hydrogen (secondary N) is 1. The topological polar surface area (TPSA) is 186 Å². The van der Waals surface area contributed by atoms with E-state index in [0.717, 1.165) is 45.0 Å². The van der Waals surface area contributed by atoms with Crippen molar-refractivity contribution in [3.8, 4) is 51.3 Å². The number of aryl methyl sites for hydroxylation is 3. The molecule has 300 valence electrons. The Kier molecular flexibility index (Phi) is 17.4. The van der Waals surface area contributed by atoms with Crippen LogP contribution in [-0.4, -0.2) is 59.8 Å². The molecule has 0 atom stereocenters. The molecule has 0 fully saturated rings. The maximum Gasteiger partial charge on any atom is 0.226 e. The molecule has 15 heteroatoms. The molecule has 12 nitrogen and oxygen atoms in total. The summed E-state index contributed by atoms with van der Waals surface area (Å²) in [6.07, 6.45) is 6.48. The molecule has 57 heavy (non-hydrogen) atoms. The molecular weight excluding hydrogens is 739 g/mol. The summed E-state index contributed by atoms with van der Waals surface area (Å²) in [4.78, 5) is 4.23. The number of nitrogens with zero attached hydrogens (tertiary/aromatic N) is 3. The highest BCUT2D eigenvalue weighted by atomic mass is 19.1. The van der Waals surface area contributed by atoms with Crippen LogP contribution in [0, 0.1) is 20.8 Å². The second-order valence-corrected chi connectivity index (χ2v) is 12.4. The molecule has 0 saturated heterocycles. The highest BCUT2D eigenvalue weighted by Crippen LogP contribution is 2.26. The summed E-state index contributed by atoms with van der Waals surface area (Å²) in [5, 5.41) is 10.7. The zero-order valence-electron chi connectivity index (χ0n) is 31.9. The van der Waals surface area contributed by atoms with Gasteiger partial charge >= 0.3 is 0 Å². The maximum absolute atomic E-state index is 12.3. The smallest absolute Gasteiger partial charge is 0.226 e. The fourth-order valence-electron chi connectivity index (χ4n) is 4.74. The first kappa shape index (κ1) is 43.3. The fraction of sp³-hybridized carbons (Fsp3) is 0.214. The zero-order valence-corrected chi connectivity index (χ0v) is 31.9. The summed E-state index contributed by atoms with van der Waals surface area (Å²) in [5.74, 6) is 3.26. The lowest BCUT2D eigenvalue weighted by Crippen LogP contribution is -2.10. The van der Waals surface area contributed by atoms with Gasteiger partial charge in [-0.25, -0.2) is 18.2 Å². The predicted molar refractivity (Wildman–Crippen MR) is 213 cm³/mol. The first-order valence-electron chi connectivity index (χ1n) is 17.7. The average Bonchev–Trinajstić information content (AvgIpc) is 4.01. The minimum Gasteiger partial charge on any atom is -0.489 e. The molecule has 0 unspecified atom stereocenters. The minimum absolute atomic E-state index is 0.143. The van der Waals surface area contributed by atoms with Crippen LogP contribution in [0.25, 0.3) is 34.0 Å². The molecule has 0 aliphatic carbocycles. The van der Waals surface area contributed by atoms with Crippen LogP contribution in [-0.2, 0) is 0 Å². The predicted octanol–water partition coefficient (Wildman–Crippen LogP) is 8.26. The lowest BCUT2D eigenvalue weighted by Gasteiger charge is -2.08. The SMILES string of the molecule is Cc1cn[nH]c1-c1ccc(OC/C(=C/F)CN)cc1.Cc1cnoc1-c1ccc(OC/C(=C/F)CN)cc1.Cc1coc(-c2ccc(OC/C(=C/F)CN)cc2)n1. The molecule has 0 radical (unpaired) electrons. The number of aromatic nitrogens is 4. The van der Waals surface area contributed by atoms with Gasteiger partial charge in [0.25, 0.3) is 0 Å². The van der Waals surface area contributed by atoms with Crippen LogP contribution in [0.4, 0.5) is 13.2 Å². The summed E-state index contributed by atoms with van der Waals surface area (Å²) in [6, 6.07) is 22.1. The molecule has 3 heterocycles. The number of hydrogen-bond donors (Lipinski definition) is 4. The number of nitrogens with two attached hydrogens (primary N) is 3. The van der Waals surface area contributed by atoms with Gasteiger partial charge in [-0.2, -0.15) is 5.10 Å². The van der Waals surface area contributed by atoms with E-state index in [2.05, 4.69) is 20.3 Å². The largest absolute Gasteiger partial charge is 0.489 e. The molecular formula is C42H46F3N7O5. The van der Waals surface area contributed by atoms with Gasteiger partial charge in [-0.3, -0.25) is 5.10 Å². The van der Waals surface area contributed by atoms with E-state index in [1.807, 2.05) is 69.3 Å². The standard InChI is InChI=1S/C14H16FN3O.2C14H15FN2O2/c1-10-8-17-18-14(10)12-2-4-13(5-3-12)19-9-11(6-15)7-16;1-10-8-19-14(17-10)12-2-4-13(5-3-12)18-9-11(6-15)7-16;1-10-8-17-19-14(10)12-2-4-13(5-3-12)18-9-11(6-15)7-16/h2-6,8H,7,9,16H2,1H3,(H,17,18);2*2-6,8H,7,9,16H2,1H3/b3*11-6+. The monoisotopic (exact) mass is 785 g/mol. The Morgan fingerprint density at radius 1 is 0.632 bits per heavy atom. The first-order chi connectivity index (χ1) is 27.7. The van der Waals surface area contributed by atoms with Crippen molar-refractivity contribution in [1.29, 1.82) is 0 Å². The molecule has 0 spiro atoms. The Bertz CT molecular complexity index is 2070. The summed E-state index contributed by atoms with van der Waals surface area (Å²) in [5.41, 5.74) is 24.0. The number of aromatic amines is 1. The van der Waals surface area contributed by atoms with Crippen LogP contribution in [0.15, 0.2) is 136 Å². The van der Waals surface area contributed by atoms with Gasteiger partial charge < -0.3 is 40.4 Å². The van der Waals surface area contributed by atoms with Gasteiger partial charge in [-0.1, -0.05) is 5.16 Å². The Morgan fingerprint density at radius 2 is 1.09 bits per heavy atom. The Morgan fingerprint density at radius 3 is 1.44 bits per heavy atom. The van der Waals surface area contributed by atoms with Gasteiger partial charge in [0.1, 0.15) is 43.3 Å². The van der Waals surface area contributed by atoms with Crippen molar-refractivity contribution in [3.05, 3.63) is 144 Å². The van der Waals surface area contributed by atoms with Gasteiger partial charge in [-0.15, -0.1) is 0 Å². The summed E-state index contributed by atoms with van der Waals surface area (Å²) >= 11 is 0. The van der Waals surface area contributed by atoms with E-state index in [1.165, 1.54) is 0 Å². The molecule has 0 saturated carbocycles. The minimum atomic E-state index is 0.143. The summed E-state index contributed by atoms with van der Waals surface area (Å²) < 4.78 is 63.7. The highest BCUT2D eigenvalue weighted by molar-refractivity contribution is 5.63. The van der Waals surface area contributed by atoms with Gasteiger partial charge in [-0.05, 0) is 99.1 Å². The molecule has 3 aromatic carbocycles. The van der Waals surface area contributed by atoms with Crippen molar-refractivity contribution in [1.82, 2.24) is 20.3 Å². The Labute approximate surface area is 328 Å². The zero-order chi connectivity index (χ0) is 41.0. The lowest BCUT2D eigenvalue weighted by atomic mass is 10.1. The van der Waals surface area contributed by atoms with Crippen molar-refractivity contribution in [2.75, 3.05) is 39.5 Å². The number of hydrogen-bond acceptors (Lipinski definition) is 11. The number of benzene rings is 3. The second kappa shape index (κ2) is 22.8. The number of ether oxygens (including phenoxy) is 3. The van der Waals surface area contributed by atoms with E-state index in [-0.39, 0.29) is 39.5 Å². The van der Waals surface area contributed by atoms with E-state index < -0.39 is 0 Å². The molecule has 0 aliphatic rings. The third kappa shape index (κ3) is 13.4. The van der Waals surface area contributed by atoms with Crippen LogP contribution in [0.5, 0.6) is 17.2 Å². The van der Waals surface area contributed by atoms with Crippen molar-refractivity contribution in [2.45, 2.75) is 20.8 Å². The summed E-state index contributed by atoms with van der Waals surface area (Å²) in [7, 11) is 0. The second-order valence-electron chi connectivity index (χ2n) is 12.4. The molecule has 3 aromatic heterocycles. The normalized spacial score (nSPS) is 11.6.